The number of nitrogens with one attached hydrogen (secondary N) is 1. The lowest BCUT2D eigenvalue weighted by Crippen LogP contribution is -2.08. The molecule has 0 saturated carbocycles. The van der Waals surface area contributed by atoms with Gasteiger partial charge in [0, 0.05) is 12.6 Å². The normalized spacial score (nSPS) is 14.6. The van der Waals surface area contributed by atoms with E-state index in [9.17, 15) is 4.79 Å². The van der Waals surface area contributed by atoms with Gasteiger partial charge in [-0.25, -0.2) is 0 Å². The summed E-state index contributed by atoms with van der Waals surface area (Å²) in [6.45, 7) is 5.58. The highest BCUT2D eigenvalue weighted by molar-refractivity contribution is 5.89. The van der Waals surface area contributed by atoms with Gasteiger partial charge in [0.25, 0.3) is 0 Å². The van der Waals surface area contributed by atoms with E-state index in [1.54, 1.807) is 0 Å². The Labute approximate surface area is 90.0 Å². The number of carbonyl (C=O) groups excluding carboxylic acids is 1. The van der Waals surface area contributed by atoms with Crippen LogP contribution in [0, 0.1) is 0 Å². The number of fused-ring (bicyclic) bond motifs is 1. The van der Waals surface area contributed by atoms with Crippen molar-refractivity contribution in [1.82, 2.24) is 0 Å². The Morgan fingerprint density at radius 1 is 1.40 bits per heavy atom. The maximum atomic E-state index is 10.9. The minimum Gasteiger partial charge on any atom is -0.326 e. The summed E-state index contributed by atoms with van der Waals surface area (Å²) in [4.78, 5) is 10.9. The second-order valence-corrected chi connectivity index (χ2v) is 4.01. The molecule has 1 aliphatic carbocycles. The molecule has 1 amide bonds. The van der Waals surface area contributed by atoms with Gasteiger partial charge in [-0.2, -0.15) is 0 Å². The largest absolute Gasteiger partial charge is 0.326 e. The van der Waals surface area contributed by atoms with Crippen molar-refractivity contribution in [2.75, 3.05) is 5.32 Å². The van der Waals surface area contributed by atoms with E-state index >= 15 is 0 Å². The predicted octanol–water partition coefficient (Wildman–Crippen LogP) is 2.99. The van der Waals surface area contributed by atoms with Crippen molar-refractivity contribution >= 4 is 17.2 Å². The molecule has 0 aromatic heterocycles. The van der Waals surface area contributed by atoms with Gasteiger partial charge in [0.2, 0.25) is 5.91 Å². The molecule has 1 aromatic rings. The van der Waals surface area contributed by atoms with Crippen molar-refractivity contribution in [3.63, 3.8) is 0 Å². The molecule has 0 spiro atoms. The van der Waals surface area contributed by atoms with Gasteiger partial charge in [0.1, 0.15) is 0 Å². The van der Waals surface area contributed by atoms with E-state index in [0.717, 1.165) is 24.9 Å². The van der Waals surface area contributed by atoms with Crippen LogP contribution in [0.4, 0.5) is 5.69 Å². The summed E-state index contributed by atoms with van der Waals surface area (Å²) >= 11 is 0. The lowest BCUT2D eigenvalue weighted by atomic mass is 9.88. The average molecular weight is 201 g/mol. The van der Waals surface area contributed by atoms with Gasteiger partial charge < -0.3 is 5.32 Å². The van der Waals surface area contributed by atoms with Crippen LogP contribution < -0.4 is 5.32 Å². The summed E-state index contributed by atoms with van der Waals surface area (Å²) in [5.74, 6) is -0.0235. The molecule has 0 unspecified atom stereocenters. The highest BCUT2D eigenvalue weighted by Crippen LogP contribution is 2.30. The molecule has 2 nitrogen and oxygen atoms in total. The monoisotopic (exact) mass is 201 g/mol. The quantitative estimate of drug-likeness (QED) is 0.743. The first-order valence-electron chi connectivity index (χ1n) is 5.25. The number of allylic oxidation sites excluding steroid dienone is 1. The molecule has 2 heteroatoms. The summed E-state index contributed by atoms with van der Waals surface area (Å²) in [7, 11) is 0. The molecule has 1 aromatic carbocycles. The molecular formula is C13H15NO. The van der Waals surface area contributed by atoms with E-state index < -0.39 is 0 Å². The van der Waals surface area contributed by atoms with Crippen molar-refractivity contribution in [2.24, 2.45) is 0 Å². The average Bonchev–Trinajstić information content (AvgIpc) is 2.17. The minimum atomic E-state index is -0.0235. The third kappa shape index (κ3) is 2.09. The maximum absolute atomic E-state index is 10.9. The van der Waals surface area contributed by atoms with Crippen LogP contribution in [0.5, 0.6) is 0 Å². The lowest BCUT2D eigenvalue weighted by molar-refractivity contribution is -0.114. The summed E-state index contributed by atoms with van der Waals surface area (Å²) in [5, 5.41) is 2.80. The molecule has 2 rings (SSSR count). The third-order valence-electron chi connectivity index (χ3n) is 2.73. The van der Waals surface area contributed by atoms with Crippen molar-refractivity contribution in [2.45, 2.75) is 26.2 Å². The molecule has 0 atom stereocenters. The second kappa shape index (κ2) is 3.89. The molecule has 1 aliphatic rings. The molecule has 0 aliphatic heterocycles. The first-order valence-corrected chi connectivity index (χ1v) is 5.25. The van der Waals surface area contributed by atoms with Gasteiger partial charge >= 0.3 is 0 Å². The molecule has 15 heavy (non-hydrogen) atoms. The van der Waals surface area contributed by atoms with Gasteiger partial charge in [-0.1, -0.05) is 12.6 Å². The van der Waals surface area contributed by atoms with Crippen LogP contribution in [-0.2, 0) is 11.2 Å². The summed E-state index contributed by atoms with van der Waals surface area (Å²) in [6.07, 6.45) is 3.34. The summed E-state index contributed by atoms with van der Waals surface area (Å²) in [6, 6.07) is 6.06. The zero-order valence-electron chi connectivity index (χ0n) is 8.97. The van der Waals surface area contributed by atoms with Crippen LogP contribution in [0.2, 0.25) is 0 Å². The van der Waals surface area contributed by atoms with E-state index in [-0.39, 0.29) is 5.91 Å². The van der Waals surface area contributed by atoms with Gasteiger partial charge in [-0.3, -0.25) is 4.79 Å². The van der Waals surface area contributed by atoms with E-state index in [4.69, 9.17) is 0 Å². The number of carbonyl (C=O) groups is 1. The molecular weight excluding hydrogens is 186 g/mol. The van der Waals surface area contributed by atoms with Crippen LogP contribution in [0.3, 0.4) is 0 Å². The van der Waals surface area contributed by atoms with Gasteiger partial charge in [-0.05, 0) is 48.1 Å². The molecule has 0 saturated heterocycles. The van der Waals surface area contributed by atoms with Crippen molar-refractivity contribution in [3.8, 4) is 0 Å². The van der Waals surface area contributed by atoms with Gasteiger partial charge in [0.15, 0.2) is 0 Å². The topological polar surface area (TPSA) is 29.1 Å². The lowest BCUT2D eigenvalue weighted by Gasteiger charge is -2.18. The Morgan fingerprint density at radius 2 is 2.20 bits per heavy atom. The Morgan fingerprint density at radius 3 is 2.93 bits per heavy atom. The highest BCUT2D eigenvalue weighted by Gasteiger charge is 2.12. The fourth-order valence-corrected chi connectivity index (χ4v) is 2.05. The molecule has 0 heterocycles. The van der Waals surface area contributed by atoms with E-state index in [2.05, 4.69) is 24.0 Å². The first kappa shape index (κ1) is 9.97. The zero-order chi connectivity index (χ0) is 10.8. The van der Waals surface area contributed by atoms with E-state index in [0.29, 0.717) is 0 Å². The Kier molecular flexibility index (Phi) is 2.58. The van der Waals surface area contributed by atoms with Crippen molar-refractivity contribution in [3.05, 3.63) is 35.9 Å². The maximum Gasteiger partial charge on any atom is 0.221 e. The van der Waals surface area contributed by atoms with Gasteiger partial charge in [0.05, 0.1) is 0 Å². The third-order valence-corrected chi connectivity index (χ3v) is 2.73. The number of hydrogen-bond donors (Lipinski definition) is 1. The Balaban J connectivity index is 2.33. The SMILES string of the molecule is C=C1CCCc2cc(NC(C)=O)ccc21. The Bertz CT molecular complexity index is 421. The fraction of sp³-hybridized carbons (Fsp3) is 0.308. The summed E-state index contributed by atoms with van der Waals surface area (Å²) in [5.41, 5.74) is 4.66. The Hall–Kier alpha value is -1.57. The smallest absolute Gasteiger partial charge is 0.221 e. The molecule has 0 bridgehead atoms. The van der Waals surface area contributed by atoms with Crippen LogP contribution in [0.15, 0.2) is 24.8 Å². The molecule has 0 fully saturated rings. The number of rotatable bonds is 1. The van der Waals surface area contributed by atoms with E-state index in [1.165, 1.54) is 23.6 Å². The number of aryl methyl sites for hydroxylation is 1. The summed E-state index contributed by atoms with van der Waals surface area (Å²) < 4.78 is 0. The molecule has 78 valence electrons. The van der Waals surface area contributed by atoms with Crippen LogP contribution in [0.25, 0.3) is 5.57 Å². The van der Waals surface area contributed by atoms with Gasteiger partial charge in [-0.15, -0.1) is 0 Å². The standard InChI is InChI=1S/C13H15NO/c1-9-4-3-5-11-8-12(14-10(2)15)6-7-13(9)11/h6-8H,1,3-5H2,2H3,(H,14,15). The van der Waals surface area contributed by atoms with Crippen LogP contribution >= 0.6 is 0 Å². The number of hydrogen-bond acceptors (Lipinski definition) is 1. The zero-order valence-corrected chi connectivity index (χ0v) is 8.97. The first-order chi connectivity index (χ1) is 7.16. The van der Waals surface area contributed by atoms with Crippen LogP contribution in [-0.4, -0.2) is 5.91 Å². The number of anilines is 1. The minimum absolute atomic E-state index is 0.0235. The fourth-order valence-electron chi connectivity index (χ4n) is 2.05. The highest BCUT2D eigenvalue weighted by atomic mass is 16.1. The number of benzene rings is 1. The predicted molar refractivity (Wildman–Crippen MR) is 62.7 cm³/mol. The molecule has 0 radical (unpaired) electrons. The molecule has 1 N–H and O–H groups in total. The van der Waals surface area contributed by atoms with Crippen molar-refractivity contribution < 1.29 is 4.79 Å². The van der Waals surface area contributed by atoms with E-state index in [1.807, 2.05) is 6.07 Å². The second-order valence-electron chi connectivity index (χ2n) is 4.01. The van der Waals surface area contributed by atoms with Crippen molar-refractivity contribution in [1.29, 1.82) is 0 Å². The number of amides is 1. The van der Waals surface area contributed by atoms with Crippen LogP contribution in [0.1, 0.15) is 30.9 Å².